The Kier molecular flexibility index (Phi) is 4.45. The van der Waals surface area contributed by atoms with Crippen molar-refractivity contribution >= 4 is 23.5 Å². The van der Waals surface area contributed by atoms with Crippen LogP contribution in [0.25, 0.3) is 0 Å². The summed E-state index contributed by atoms with van der Waals surface area (Å²) in [5.41, 5.74) is 1.15. The molecule has 7 heteroatoms. The van der Waals surface area contributed by atoms with Gasteiger partial charge in [0.1, 0.15) is 0 Å². The molecule has 108 valence electrons. The molecule has 0 unspecified atom stereocenters. The summed E-state index contributed by atoms with van der Waals surface area (Å²) < 4.78 is 0. The fraction of sp³-hybridized carbons (Fsp3) is 0.143. The van der Waals surface area contributed by atoms with Gasteiger partial charge in [0.05, 0.1) is 17.4 Å². The molecule has 1 aromatic carbocycles. The Morgan fingerprint density at radius 2 is 2.05 bits per heavy atom. The predicted molar refractivity (Wildman–Crippen MR) is 77.5 cm³/mol. The molecule has 7 nitrogen and oxygen atoms in total. The van der Waals surface area contributed by atoms with E-state index in [1.807, 2.05) is 6.92 Å². The molecule has 0 aliphatic carbocycles. The number of rotatable bonds is 4. The molecule has 2 rings (SSSR count). The second kappa shape index (κ2) is 6.47. The zero-order chi connectivity index (χ0) is 15.2. The fourth-order valence-corrected chi connectivity index (χ4v) is 1.73. The van der Waals surface area contributed by atoms with Crippen molar-refractivity contribution in [2.75, 3.05) is 10.6 Å². The predicted octanol–water partition coefficient (Wildman–Crippen LogP) is 2.38. The number of aromatic carboxylic acids is 1. The Balaban J connectivity index is 2.15. The van der Waals surface area contributed by atoms with Crippen LogP contribution in [0.15, 0.2) is 36.8 Å². The van der Waals surface area contributed by atoms with Gasteiger partial charge in [-0.1, -0.05) is 13.0 Å². The van der Waals surface area contributed by atoms with E-state index in [1.165, 1.54) is 18.6 Å². The first-order valence-corrected chi connectivity index (χ1v) is 6.30. The number of amides is 2. The lowest BCUT2D eigenvalue weighted by Crippen LogP contribution is -2.21. The normalized spacial score (nSPS) is 9.95. The smallest absolute Gasteiger partial charge is 0.337 e. The highest BCUT2D eigenvalue weighted by molar-refractivity contribution is 6.04. The van der Waals surface area contributed by atoms with E-state index < -0.39 is 12.0 Å². The quantitative estimate of drug-likeness (QED) is 0.800. The summed E-state index contributed by atoms with van der Waals surface area (Å²) in [7, 11) is 0. The first-order chi connectivity index (χ1) is 10.1. The molecule has 2 amide bonds. The van der Waals surface area contributed by atoms with Crippen molar-refractivity contribution in [2.45, 2.75) is 13.3 Å². The third-order valence-electron chi connectivity index (χ3n) is 2.78. The van der Waals surface area contributed by atoms with Crippen molar-refractivity contribution < 1.29 is 14.7 Å². The Bertz CT molecular complexity index is 659. The van der Waals surface area contributed by atoms with Crippen LogP contribution in [0.2, 0.25) is 0 Å². The van der Waals surface area contributed by atoms with E-state index in [4.69, 9.17) is 0 Å². The number of hydrogen-bond acceptors (Lipinski definition) is 4. The van der Waals surface area contributed by atoms with Gasteiger partial charge >= 0.3 is 12.0 Å². The summed E-state index contributed by atoms with van der Waals surface area (Å²) >= 11 is 0. The van der Waals surface area contributed by atoms with Crippen molar-refractivity contribution in [3.8, 4) is 0 Å². The lowest BCUT2D eigenvalue weighted by molar-refractivity contribution is 0.0698. The molecule has 0 atom stereocenters. The SMILES string of the molecule is CCc1ccc(NC(=O)Nc2cnccn2)c(C(=O)O)c1. The molecular weight excluding hydrogens is 272 g/mol. The molecule has 0 radical (unpaired) electrons. The maximum atomic E-state index is 11.8. The van der Waals surface area contributed by atoms with Gasteiger partial charge in [0.15, 0.2) is 5.82 Å². The van der Waals surface area contributed by atoms with Crippen molar-refractivity contribution in [1.29, 1.82) is 0 Å². The fourth-order valence-electron chi connectivity index (χ4n) is 1.73. The highest BCUT2D eigenvalue weighted by atomic mass is 16.4. The number of anilines is 2. The number of urea groups is 1. The molecule has 3 N–H and O–H groups in total. The summed E-state index contributed by atoms with van der Waals surface area (Å²) in [4.78, 5) is 30.8. The summed E-state index contributed by atoms with van der Waals surface area (Å²) in [5, 5.41) is 14.2. The molecular formula is C14H14N4O3. The molecule has 1 heterocycles. The van der Waals surface area contributed by atoms with Gasteiger partial charge in [-0.05, 0) is 24.1 Å². The van der Waals surface area contributed by atoms with Crippen molar-refractivity contribution in [3.05, 3.63) is 47.9 Å². The third-order valence-corrected chi connectivity index (χ3v) is 2.78. The van der Waals surface area contributed by atoms with Gasteiger partial charge in [-0.25, -0.2) is 14.6 Å². The van der Waals surface area contributed by atoms with Gasteiger partial charge in [-0.3, -0.25) is 10.3 Å². The summed E-state index contributed by atoms with van der Waals surface area (Å²) in [6.07, 6.45) is 5.02. The van der Waals surface area contributed by atoms with E-state index in [0.29, 0.717) is 6.42 Å². The highest BCUT2D eigenvalue weighted by Gasteiger charge is 2.13. The third kappa shape index (κ3) is 3.75. The molecule has 21 heavy (non-hydrogen) atoms. The molecule has 0 aliphatic heterocycles. The first kappa shape index (κ1) is 14.4. The van der Waals surface area contributed by atoms with Crippen LogP contribution in [-0.4, -0.2) is 27.1 Å². The Morgan fingerprint density at radius 1 is 1.24 bits per heavy atom. The average Bonchev–Trinajstić information content (AvgIpc) is 2.48. The van der Waals surface area contributed by atoms with Crippen LogP contribution < -0.4 is 10.6 Å². The maximum Gasteiger partial charge on any atom is 0.337 e. The summed E-state index contributed by atoms with van der Waals surface area (Å²) in [6, 6.07) is 4.30. The first-order valence-electron chi connectivity index (χ1n) is 6.30. The van der Waals surface area contributed by atoms with E-state index >= 15 is 0 Å². The number of nitrogens with zero attached hydrogens (tertiary/aromatic N) is 2. The van der Waals surface area contributed by atoms with Gasteiger partial charge in [0.2, 0.25) is 0 Å². The van der Waals surface area contributed by atoms with Crippen molar-refractivity contribution in [2.24, 2.45) is 0 Å². The molecule has 0 fully saturated rings. The molecule has 0 aliphatic rings. The van der Waals surface area contributed by atoms with Gasteiger partial charge in [0, 0.05) is 12.4 Å². The molecule has 0 spiro atoms. The molecule has 2 aromatic rings. The van der Waals surface area contributed by atoms with Crippen LogP contribution in [0.3, 0.4) is 0 Å². The van der Waals surface area contributed by atoms with E-state index in [9.17, 15) is 14.7 Å². The van der Waals surface area contributed by atoms with Crippen LogP contribution >= 0.6 is 0 Å². The van der Waals surface area contributed by atoms with Gasteiger partial charge in [-0.2, -0.15) is 0 Å². The second-order valence-electron chi connectivity index (χ2n) is 4.21. The average molecular weight is 286 g/mol. The number of hydrogen-bond donors (Lipinski definition) is 3. The summed E-state index contributed by atoms with van der Waals surface area (Å²) in [6.45, 7) is 1.93. The van der Waals surface area contributed by atoms with Crippen LogP contribution in [0.1, 0.15) is 22.8 Å². The Hall–Kier alpha value is -2.96. The Morgan fingerprint density at radius 3 is 2.67 bits per heavy atom. The van der Waals surface area contributed by atoms with Gasteiger partial charge < -0.3 is 10.4 Å². The van der Waals surface area contributed by atoms with Crippen molar-refractivity contribution in [1.82, 2.24) is 9.97 Å². The van der Waals surface area contributed by atoms with E-state index in [0.717, 1.165) is 5.56 Å². The van der Waals surface area contributed by atoms with Gasteiger partial charge in [-0.15, -0.1) is 0 Å². The molecule has 1 aromatic heterocycles. The minimum absolute atomic E-state index is 0.0450. The van der Waals surface area contributed by atoms with Crippen LogP contribution in [0.4, 0.5) is 16.3 Å². The minimum atomic E-state index is -1.10. The van der Waals surface area contributed by atoms with Crippen molar-refractivity contribution in [3.63, 3.8) is 0 Å². The van der Waals surface area contributed by atoms with Crippen LogP contribution in [0.5, 0.6) is 0 Å². The van der Waals surface area contributed by atoms with E-state index in [2.05, 4.69) is 20.6 Å². The second-order valence-corrected chi connectivity index (χ2v) is 4.21. The monoisotopic (exact) mass is 286 g/mol. The number of carbonyl (C=O) groups is 2. The highest BCUT2D eigenvalue weighted by Crippen LogP contribution is 2.18. The van der Waals surface area contributed by atoms with E-state index in [-0.39, 0.29) is 17.1 Å². The van der Waals surface area contributed by atoms with Gasteiger partial charge in [0.25, 0.3) is 0 Å². The Labute approximate surface area is 121 Å². The molecule has 0 bridgehead atoms. The standard InChI is InChI=1S/C14H14N4O3/c1-2-9-3-4-11(10(7-9)13(19)20)17-14(21)18-12-8-15-5-6-16-12/h3-8H,2H2,1H3,(H,19,20)(H2,16,17,18,21). The molecule has 0 saturated heterocycles. The number of nitrogens with one attached hydrogen (secondary N) is 2. The zero-order valence-corrected chi connectivity index (χ0v) is 11.3. The van der Waals surface area contributed by atoms with E-state index in [1.54, 1.807) is 18.2 Å². The number of carbonyl (C=O) groups excluding carboxylic acids is 1. The largest absolute Gasteiger partial charge is 0.478 e. The lowest BCUT2D eigenvalue weighted by atomic mass is 10.1. The topological polar surface area (TPSA) is 104 Å². The minimum Gasteiger partial charge on any atom is -0.478 e. The zero-order valence-electron chi connectivity index (χ0n) is 11.3. The maximum absolute atomic E-state index is 11.8. The number of aromatic nitrogens is 2. The summed E-state index contributed by atoms with van der Waals surface area (Å²) in [5.74, 6) is -0.822. The molecule has 0 saturated carbocycles. The number of carboxylic acids is 1. The number of carboxylic acid groups (broad SMARTS) is 1. The number of benzene rings is 1. The van der Waals surface area contributed by atoms with Crippen LogP contribution in [0, 0.1) is 0 Å². The van der Waals surface area contributed by atoms with Crippen LogP contribution in [-0.2, 0) is 6.42 Å². The number of aryl methyl sites for hydroxylation is 1. The lowest BCUT2D eigenvalue weighted by Gasteiger charge is -2.10.